The molecule has 1 rings (SSSR count). The van der Waals surface area contributed by atoms with Gasteiger partial charge >= 0.3 is 0 Å². The van der Waals surface area contributed by atoms with Crippen molar-refractivity contribution in [3.05, 3.63) is 23.5 Å². The molecule has 2 atom stereocenters. The molecule has 0 fully saturated rings. The molecular weight excluding hydrogens is 412 g/mol. The summed E-state index contributed by atoms with van der Waals surface area (Å²) in [6.45, 7) is 26.6. The van der Waals surface area contributed by atoms with Crippen molar-refractivity contribution < 1.29 is 8.85 Å². The third kappa shape index (κ3) is 8.51. The summed E-state index contributed by atoms with van der Waals surface area (Å²) in [4.78, 5) is 0. The van der Waals surface area contributed by atoms with Crippen LogP contribution in [0.3, 0.4) is 0 Å². The van der Waals surface area contributed by atoms with Crippen LogP contribution in [0.5, 0.6) is 0 Å². The van der Waals surface area contributed by atoms with Gasteiger partial charge in [-0.1, -0.05) is 67.0 Å². The minimum absolute atomic E-state index is 0.262. The molecule has 0 bridgehead atoms. The van der Waals surface area contributed by atoms with Crippen molar-refractivity contribution in [3.8, 4) is 0 Å². The lowest BCUT2D eigenvalue weighted by molar-refractivity contribution is 0.184. The van der Waals surface area contributed by atoms with Crippen LogP contribution in [0.2, 0.25) is 36.3 Å². The molecule has 0 aromatic heterocycles. The molecule has 0 N–H and O–H groups in total. The fourth-order valence-corrected chi connectivity index (χ4v) is 7.98. The molecule has 0 saturated heterocycles. The number of rotatable bonds is 12. The standard InChI is InChI=1S/C27H54O2Si2/c1-12-31(13-2,14-3)29-25-19-18-24(21-28-30(10,11)27(7,8)9)26(20-25)23(6)17-15-16-22(4)5/h17,20,22,24,26H,12-16,18-19,21H2,1-11H3/t24-,26-/m1/s1. The summed E-state index contributed by atoms with van der Waals surface area (Å²) >= 11 is 0. The Labute approximate surface area is 197 Å². The van der Waals surface area contributed by atoms with E-state index in [4.69, 9.17) is 8.85 Å². The van der Waals surface area contributed by atoms with E-state index in [1.54, 1.807) is 0 Å². The highest BCUT2D eigenvalue weighted by Crippen LogP contribution is 2.40. The first kappa shape index (κ1) is 28.7. The molecule has 0 radical (unpaired) electrons. The van der Waals surface area contributed by atoms with Crippen molar-refractivity contribution in [1.82, 2.24) is 0 Å². The van der Waals surface area contributed by atoms with Crippen LogP contribution in [-0.4, -0.2) is 23.2 Å². The lowest BCUT2D eigenvalue weighted by atomic mass is 9.79. The highest BCUT2D eigenvalue weighted by molar-refractivity contribution is 6.74. The summed E-state index contributed by atoms with van der Waals surface area (Å²) in [6, 6.07) is 3.63. The van der Waals surface area contributed by atoms with Gasteiger partial charge in [-0.2, -0.15) is 0 Å². The maximum absolute atomic E-state index is 6.84. The van der Waals surface area contributed by atoms with Gasteiger partial charge < -0.3 is 8.85 Å². The summed E-state index contributed by atoms with van der Waals surface area (Å²) < 4.78 is 13.5. The molecule has 0 saturated carbocycles. The second kappa shape index (κ2) is 12.2. The fourth-order valence-electron chi connectivity index (χ4n) is 4.26. The molecule has 2 nitrogen and oxygen atoms in total. The summed E-state index contributed by atoms with van der Waals surface area (Å²) in [5.74, 6) is 3.06. The highest BCUT2D eigenvalue weighted by Gasteiger charge is 2.39. The van der Waals surface area contributed by atoms with Gasteiger partial charge in [-0.05, 0) is 80.4 Å². The molecular formula is C27H54O2Si2. The van der Waals surface area contributed by atoms with Crippen LogP contribution >= 0.6 is 0 Å². The Morgan fingerprint density at radius 3 is 2.19 bits per heavy atom. The van der Waals surface area contributed by atoms with E-state index in [0.29, 0.717) is 11.8 Å². The van der Waals surface area contributed by atoms with Gasteiger partial charge in [-0.3, -0.25) is 0 Å². The van der Waals surface area contributed by atoms with Crippen molar-refractivity contribution in [2.24, 2.45) is 17.8 Å². The van der Waals surface area contributed by atoms with Crippen molar-refractivity contribution in [1.29, 1.82) is 0 Å². The first-order chi connectivity index (χ1) is 14.3. The van der Waals surface area contributed by atoms with Gasteiger partial charge in [0.05, 0.1) is 5.76 Å². The summed E-state index contributed by atoms with van der Waals surface area (Å²) in [6.07, 6.45) is 9.69. The SMILES string of the molecule is CC[Si](CC)(CC)OC1=C[C@H](C(C)=CCCC(C)C)[C@@H](CO[Si](C)(C)C(C)(C)C)CC1. The minimum Gasteiger partial charge on any atom is -0.547 e. The molecule has 0 spiro atoms. The molecule has 4 heteroatoms. The molecule has 0 aromatic rings. The van der Waals surface area contributed by atoms with Gasteiger partial charge in [0.15, 0.2) is 8.32 Å². The first-order valence-electron chi connectivity index (χ1n) is 13.0. The van der Waals surface area contributed by atoms with E-state index in [1.807, 2.05) is 0 Å². The Hall–Kier alpha value is -0.326. The van der Waals surface area contributed by atoms with E-state index in [9.17, 15) is 0 Å². The van der Waals surface area contributed by atoms with E-state index in [2.05, 4.69) is 87.6 Å². The van der Waals surface area contributed by atoms with Crippen LogP contribution < -0.4 is 0 Å². The Morgan fingerprint density at radius 2 is 1.71 bits per heavy atom. The zero-order valence-corrected chi connectivity index (χ0v) is 24.9. The van der Waals surface area contributed by atoms with E-state index in [1.165, 1.54) is 48.7 Å². The maximum Gasteiger partial charge on any atom is 0.250 e. The quantitative estimate of drug-likeness (QED) is 0.211. The Balaban J connectivity index is 3.08. The van der Waals surface area contributed by atoms with Crippen LogP contribution in [0.4, 0.5) is 0 Å². The zero-order chi connectivity index (χ0) is 23.9. The van der Waals surface area contributed by atoms with Gasteiger partial charge in [0.1, 0.15) is 0 Å². The predicted octanol–water partition coefficient (Wildman–Crippen LogP) is 9.32. The van der Waals surface area contributed by atoms with Crippen molar-refractivity contribution in [2.45, 2.75) is 124 Å². The molecule has 0 heterocycles. The molecule has 0 amide bonds. The smallest absolute Gasteiger partial charge is 0.250 e. The van der Waals surface area contributed by atoms with Gasteiger partial charge in [0.25, 0.3) is 0 Å². The Kier molecular flexibility index (Phi) is 11.3. The van der Waals surface area contributed by atoms with Crippen LogP contribution in [-0.2, 0) is 8.85 Å². The van der Waals surface area contributed by atoms with Crippen molar-refractivity contribution >= 4 is 16.6 Å². The second-order valence-corrected chi connectivity index (χ2v) is 21.3. The van der Waals surface area contributed by atoms with Gasteiger partial charge in [0, 0.05) is 18.9 Å². The Bertz CT molecular complexity index is 587. The number of hydrogen-bond donors (Lipinski definition) is 0. The average Bonchev–Trinajstić information content (AvgIpc) is 2.69. The molecule has 1 aliphatic carbocycles. The van der Waals surface area contributed by atoms with Gasteiger partial charge in [-0.25, -0.2) is 0 Å². The third-order valence-electron chi connectivity index (χ3n) is 8.12. The maximum atomic E-state index is 6.84. The van der Waals surface area contributed by atoms with E-state index in [-0.39, 0.29) is 5.04 Å². The lowest BCUT2D eigenvalue weighted by Gasteiger charge is -2.40. The van der Waals surface area contributed by atoms with Crippen LogP contribution in [0.15, 0.2) is 23.5 Å². The average molecular weight is 467 g/mol. The first-order valence-corrected chi connectivity index (χ1v) is 18.4. The molecule has 1 aliphatic rings. The third-order valence-corrected chi connectivity index (χ3v) is 17.2. The topological polar surface area (TPSA) is 18.5 Å². The van der Waals surface area contributed by atoms with Crippen LogP contribution in [0.25, 0.3) is 0 Å². The Morgan fingerprint density at radius 1 is 1.13 bits per heavy atom. The zero-order valence-electron chi connectivity index (χ0n) is 22.9. The van der Waals surface area contributed by atoms with Crippen LogP contribution in [0, 0.1) is 17.8 Å². The highest BCUT2D eigenvalue weighted by atomic mass is 28.4. The molecule has 182 valence electrons. The number of allylic oxidation sites excluding steroid dienone is 4. The predicted molar refractivity (Wildman–Crippen MR) is 144 cm³/mol. The largest absolute Gasteiger partial charge is 0.547 e. The normalized spacial score (nSPS) is 21.4. The molecule has 31 heavy (non-hydrogen) atoms. The molecule has 0 unspecified atom stereocenters. The summed E-state index contributed by atoms with van der Waals surface area (Å²) in [5, 5.41) is 0.262. The van der Waals surface area contributed by atoms with Gasteiger partial charge in [0.2, 0.25) is 8.32 Å². The lowest BCUT2D eigenvalue weighted by Crippen LogP contribution is -2.43. The molecule has 0 aromatic carbocycles. The molecule has 0 aliphatic heterocycles. The van der Waals surface area contributed by atoms with E-state index >= 15 is 0 Å². The van der Waals surface area contributed by atoms with Crippen molar-refractivity contribution in [2.75, 3.05) is 6.61 Å². The fraction of sp³-hybridized carbons (Fsp3) is 0.852. The van der Waals surface area contributed by atoms with E-state index in [0.717, 1.165) is 18.9 Å². The number of hydrogen-bond acceptors (Lipinski definition) is 2. The summed E-state index contributed by atoms with van der Waals surface area (Å²) in [7, 11) is -3.35. The monoisotopic (exact) mass is 466 g/mol. The van der Waals surface area contributed by atoms with Gasteiger partial charge in [-0.15, -0.1) is 0 Å². The minimum atomic E-state index is -1.73. The van der Waals surface area contributed by atoms with Crippen LogP contribution in [0.1, 0.15) is 88.0 Å². The summed E-state index contributed by atoms with van der Waals surface area (Å²) in [5.41, 5.74) is 1.52. The van der Waals surface area contributed by atoms with Crippen molar-refractivity contribution in [3.63, 3.8) is 0 Å². The second-order valence-electron chi connectivity index (χ2n) is 11.8. The van der Waals surface area contributed by atoms with E-state index < -0.39 is 16.6 Å².